The first-order valence-electron chi connectivity index (χ1n) is 11.2. The molecule has 0 N–H and O–H groups in total. The summed E-state index contributed by atoms with van der Waals surface area (Å²) >= 11 is 0. The minimum absolute atomic E-state index is 0.0119. The van der Waals surface area contributed by atoms with E-state index in [1.807, 2.05) is 18.2 Å². The second kappa shape index (κ2) is 10.5. The molecule has 1 amide bonds. The number of rotatable bonds is 6. The van der Waals surface area contributed by atoms with Crippen LogP contribution in [0.3, 0.4) is 0 Å². The normalized spacial score (nSPS) is 22.0. The van der Waals surface area contributed by atoms with Crippen molar-refractivity contribution in [3.8, 4) is 11.6 Å². The van der Waals surface area contributed by atoms with Crippen LogP contribution in [0, 0.1) is 0 Å². The predicted octanol–water partition coefficient (Wildman–Crippen LogP) is 3.25. The molecule has 2 fully saturated rings. The number of carbonyl (C=O) groups is 1. The Morgan fingerprint density at radius 2 is 1.55 bits per heavy atom. The number of aromatic nitrogens is 2. The molecule has 0 radical (unpaired) electrons. The number of hydrogen-bond donors (Lipinski definition) is 0. The van der Waals surface area contributed by atoms with Crippen LogP contribution < -0.4 is 9.47 Å². The fraction of sp³-hybridized carbons (Fsp3) is 0.522. The molecule has 0 unspecified atom stereocenters. The quantitative estimate of drug-likeness (QED) is 0.627. The molecule has 4 rings (SSSR count). The molecule has 0 atom stereocenters. The fourth-order valence-electron chi connectivity index (χ4n) is 4.11. The maximum absolute atomic E-state index is 12.3. The zero-order valence-electron chi connectivity index (χ0n) is 18.6. The first kappa shape index (κ1) is 23.4. The van der Waals surface area contributed by atoms with Crippen LogP contribution in [0.5, 0.6) is 11.6 Å². The molecule has 1 aliphatic heterocycles. The molecule has 1 saturated heterocycles. The zero-order valence-corrected chi connectivity index (χ0v) is 19.4. The van der Waals surface area contributed by atoms with Crippen LogP contribution in [0.4, 0.5) is 4.79 Å². The first-order chi connectivity index (χ1) is 15.9. The molecule has 10 heteroatoms. The highest BCUT2D eigenvalue weighted by molar-refractivity contribution is 7.90. The molecule has 2 aromatic rings. The fourth-order valence-corrected chi connectivity index (χ4v) is 4.60. The van der Waals surface area contributed by atoms with Gasteiger partial charge in [0.2, 0.25) is 5.88 Å². The van der Waals surface area contributed by atoms with Gasteiger partial charge in [-0.25, -0.2) is 23.2 Å². The van der Waals surface area contributed by atoms with E-state index >= 15 is 0 Å². The average molecular weight is 476 g/mol. The van der Waals surface area contributed by atoms with E-state index in [1.165, 1.54) is 12.4 Å². The molecule has 1 aromatic heterocycles. The molecule has 1 aromatic carbocycles. The van der Waals surface area contributed by atoms with Crippen LogP contribution >= 0.6 is 0 Å². The summed E-state index contributed by atoms with van der Waals surface area (Å²) in [5, 5.41) is -0.0636. The second-order valence-electron chi connectivity index (χ2n) is 8.49. The number of carbonyl (C=O) groups excluding carboxylic acids is 1. The molecular formula is C23H29N3O6S. The number of benzene rings is 1. The molecule has 0 bridgehead atoms. The Morgan fingerprint density at radius 1 is 0.909 bits per heavy atom. The molecule has 0 spiro atoms. The van der Waals surface area contributed by atoms with Crippen LogP contribution in [0.2, 0.25) is 0 Å². The molecule has 1 aliphatic carbocycles. The summed E-state index contributed by atoms with van der Waals surface area (Å²) in [4.78, 5) is 22.0. The Morgan fingerprint density at radius 3 is 2.15 bits per heavy atom. The van der Waals surface area contributed by atoms with Crippen molar-refractivity contribution in [3.05, 3.63) is 42.7 Å². The lowest BCUT2D eigenvalue weighted by Gasteiger charge is -2.35. The summed E-state index contributed by atoms with van der Waals surface area (Å²) in [6, 6.07) is 9.09. The number of hydrogen-bond acceptors (Lipinski definition) is 8. The Labute approximate surface area is 194 Å². The van der Waals surface area contributed by atoms with E-state index in [0.29, 0.717) is 24.7 Å². The predicted molar refractivity (Wildman–Crippen MR) is 120 cm³/mol. The van der Waals surface area contributed by atoms with E-state index in [1.54, 1.807) is 17.0 Å². The molecule has 2 heterocycles. The van der Waals surface area contributed by atoms with Crippen LogP contribution in [0.1, 0.15) is 38.5 Å². The zero-order chi connectivity index (χ0) is 23.3. The third-order valence-corrected chi connectivity index (χ3v) is 6.90. The summed E-state index contributed by atoms with van der Waals surface area (Å²) in [6.07, 6.45) is 8.72. The maximum atomic E-state index is 12.3. The van der Waals surface area contributed by atoms with Gasteiger partial charge in [-0.3, -0.25) is 0 Å². The van der Waals surface area contributed by atoms with Crippen molar-refractivity contribution >= 4 is 15.9 Å². The van der Waals surface area contributed by atoms with Crippen LogP contribution in [0.15, 0.2) is 47.8 Å². The average Bonchev–Trinajstić information content (AvgIpc) is 2.81. The Kier molecular flexibility index (Phi) is 7.44. The van der Waals surface area contributed by atoms with Gasteiger partial charge < -0.3 is 19.1 Å². The van der Waals surface area contributed by atoms with E-state index in [-0.39, 0.29) is 29.4 Å². The summed E-state index contributed by atoms with van der Waals surface area (Å²) < 4.78 is 40.5. The summed E-state index contributed by atoms with van der Waals surface area (Å²) in [6.45, 7) is 1.24. The lowest BCUT2D eigenvalue weighted by atomic mass is 9.94. The first-order valence-corrected chi connectivity index (χ1v) is 13.1. The van der Waals surface area contributed by atoms with Gasteiger partial charge in [0.05, 0.1) is 24.6 Å². The number of sulfone groups is 1. The van der Waals surface area contributed by atoms with Crippen molar-refractivity contribution in [2.75, 3.05) is 19.3 Å². The highest BCUT2D eigenvalue weighted by Crippen LogP contribution is 2.27. The summed E-state index contributed by atoms with van der Waals surface area (Å²) in [7, 11) is -3.37. The largest absolute Gasteiger partial charge is 0.473 e. The van der Waals surface area contributed by atoms with Gasteiger partial charge in [0.25, 0.3) is 0 Å². The summed E-state index contributed by atoms with van der Waals surface area (Å²) in [5.74, 6) is 0.888. The van der Waals surface area contributed by atoms with Crippen molar-refractivity contribution in [3.63, 3.8) is 0 Å². The monoisotopic (exact) mass is 475 g/mol. The number of amides is 1. The molecule has 1 saturated carbocycles. The van der Waals surface area contributed by atoms with Gasteiger partial charge in [0.1, 0.15) is 11.9 Å². The SMILES string of the molecule is CS(=O)(=O)c1cnc(O[C@H]2CC[C@H](OC3CCN(C(=O)Oc4ccccc4)CC3)CC2)cn1. The number of likely N-dealkylation sites (tertiary alicyclic amines) is 1. The minimum atomic E-state index is -3.37. The van der Waals surface area contributed by atoms with Crippen LogP contribution in [-0.4, -0.2) is 67.0 Å². The van der Waals surface area contributed by atoms with Crippen molar-refractivity contribution in [1.29, 1.82) is 0 Å². The van der Waals surface area contributed by atoms with Crippen LogP contribution in [0.25, 0.3) is 0 Å². The van der Waals surface area contributed by atoms with Gasteiger partial charge >= 0.3 is 6.09 Å². The van der Waals surface area contributed by atoms with Gasteiger partial charge in [-0.15, -0.1) is 0 Å². The van der Waals surface area contributed by atoms with Gasteiger partial charge in [-0.05, 0) is 50.7 Å². The van der Waals surface area contributed by atoms with Crippen molar-refractivity contribution in [2.45, 2.75) is 61.9 Å². The Balaban J connectivity index is 1.16. The standard InChI is InChI=1S/C23H29N3O6S/c1-33(28,29)22-16-24-21(15-25-22)31-19-9-7-18(8-10-19)30-20-11-13-26(14-12-20)23(27)32-17-5-3-2-4-6-17/h2-6,15-16,18-20H,7-14H2,1H3/t18-,19-. The molecule has 9 nitrogen and oxygen atoms in total. The van der Waals surface area contributed by atoms with Crippen molar-refractivity contribution < 1.29 is 27.4 Å². The Hall–Kier alpha value is -2.72. The number of nitrogens with zero attached hydrogens (tertiary/aromatic N) is 3. The van der Waals surface area contributed by atoms with Crippen molar-refractivity contribution in [2.24, 2.45) is 0 Å². The summed E-state index contributed by atoms with van der Waals surface area (Å²) in [5.41, 5.74) is 0. The van der Waals surface area contributed by atoms with Crippen molar-refractivity contribution in [1.82, 2.24) is 14.9 Å². The number of piperidine rings is 1. The van der Waals surface area contributed by atoms with Gasteiger partial charge in [-0.1, -0.05) is 18.2 Å². The highest BCUT2D eigenvalue weighted by atomic mass is 32.2. The lowest BCUT2D eigenvalue weighted by Crippen LogP contribution is -2.43. The van der Waals surface area contributed by atoms with Gasteiger partial charge in [0, 0.05) is 19.3 Å². The Bertz CT molecular complexity index is 1020. The third kappa shape index (κ3) is 6.64. The highest BCUT2D eigenvalue weighted by Gasteiger charge is 2.29. The lowest BCUT2D eigenvalue weighted by molar-refractivity contribution is -0.0641. The molecule has 2 aliphatic rings. The number of para-hydroxylation sites is 1. The van der Waals surface area contributed by atoms with E-state index < -0.39 is 9.84 Å². The smallest absolute Gasteiger partial charge is 0.415 e. The van der Waals surface area contributed by atoms with Gasteiger partial charge in [0.15, 0.2) is 14.9 Å². The maximum Gasteiger partial charge on any atom is 0.415 e. The van der Waals surface area contributed by atoms with Crippen LogP contribution in [-0.2, 0) is 14.6 Å². The topological polar surface area (TPSA) is 108 Å². The van der Waals surface area contributed by atoms with E-state index in [0.717, 1.165) is 44.8 Å². The molecular weight excluding hydrogens is 446 g/mol. The third-order valence-electron chi connectivity index (χ3n) is 5.93. The van der Waals surface area contributed by atoms with E-state index in [9.17, 15) is 13.2 Å². The molecule has 178 valence electrons. The molecule has 33 heavy (non-hydrogen) atoms. The van der Waals surface area contributed by atoms with E-state index in [2.05, 4.69) is 9.97 Å². The second-order valence-corrected chi connectivity index (χ2v) is 10.4. The van der Waals surface area contributed by atoms with Gasteiger partial charge in [-0.2, -0.15) is 0 Å². The minimum Gasteiger partial charge on any atom is -0.473 e. The van der Waals surface area contributed by atoms with E-state index in [4.69, 9.17) is 14.2 Å². The number of ether oxygens (including phenoxy) is 3.